The van der Waals surface area contributed by atoms with Crippen LogP contribution in [0.1, 0.15) is 27.3 Å². The zero-order valence-corrected chi connectivity index (χ0v) is 20.3. The van der Waals surface area contributed by atoms with Crippen LogP contribution in [0.2, 0.25) is 0 Å². The summed E-state index contributed by atoms with van der Waals surface area (Å²) in [6.07, 6.45) is 4.85. The zero-order valence-electron chi connectivity index (χ0n) is 19.4. The number of hydrogen-bond donors (Lipinski definition) is 0. The summed E-state index contributed by atoms with van der Waals surface area (Å²) in [5, 5.41) is 0. The van der Waals surface area contributed by atoms with Crippen molar-refractivity contribution in [2.75, 3.05) is 19.5 Å². The molecule has 1 atom stereocenters. The van der Waals surface area contributed by atoms with Crippen LogP contribution in [0.15, 0.2) is 65.6 Å². The van der Waals surface area contributed by atoms with Crippen LogP contribution in [0.25, 0.3) is 6.08 Å². The number of nitrogens with zero attached hydrogens (tertiary/aromatic N) is 1. The molecule has 0 saturated carbocycles. The monoisotopic (exact) mass is 477 g/mol. The molecule has 0 amide bonds. The summed E-state index contributed by atoms with van der Waals surface area (Å²) in [7, 11) is 0. The number of rotatable bonds is 8. The van der Waals surface area contributed by atoms with Gasteiger partial charge in [0.1, 0.15) is 6.61 Å². The number of aryl methyl sites for hydroxylation is 1. The van der Waals surface area contributed by atoms with Crippen LogP contribution in [0.4, 0.5) is 0 Å². The standard InChI is InChI=1S/C27H27NO5S/c1-18-14-23(19(2)28(18)15-21-16-31-25-6-4-5-7-26(25)33-21)24(29)17-32-27(30)13-10-20-8-11-22(34-3)12-9-20/h4-14,21H,15-17H2,1-3H3. The Bertz CT molecular complexity index is 1210. The number of thioether (sulfide) groups is 1. The molecule has 1 aromatic heterocycles. The van der Waals surface area contributed by atoms with E-state index >= 15 is 0 Å². The van der Waals surface area contributed by atoms with Crippen LogP contribution in [0, 0.1) is 13.8 Å². The largest absolute Gasteiger partial charge is 0.486 e. The van der Waals surface area contributed by atoms with Crippen molar-refractivity contribution in [2.24, 2.45) is 0 Å². The third-order valence-corrected chi connectivity index (χ3v) is 6.44. The van der Waals surface area contributed by atoms with Crippen molar-refractivity contribution in [3.05, 3.63) is 83.2 Å². The van der Waals surface area contributed by atoms with E-state index in [1.807, 2.05) is 79.3 Å². The molecule has 0 radical (unpaired) electrons. The van der Waals surface area contributed by atoms with Crippen molar-refractivity contribution in [3.63, 3.8) is 0 Å². The van der Waals surface area contributed by atoms with E-state index in [2.05, 4.69) is 0 Å². The highest BCUT2D eigenvalue weighted by atomic mass is 32.2. The average Bonchev–Trinajstić information content (AvgIpc) is 3.14. The fraction of sp³-hybridized carbons (Fsp3) is 0.259. The Kier molecular flexibility index (Phi) is 7.43. The number of ether oxygens (including phenoxy) is 3. The summed E-state index contributed by atoms with van der Waals surface area (Å²) in [6.45, 7) is 4.50. The quantitative estimate of drug-likeness (QED) is 0.195. The van der Waals surface area contributed by atoms with Crippen LogP contribution in [-0.4, -0.2) is 41.9 Å². The van der Waals surface area contributed by atoms with E-state index in [1.165, 1.54) is 6.08 Å². The first kappa shape index (κ1) is 23.7. The minimum absolute atomic E-state index is 0.171. The van der Waals surface area contributed by atoms with Gasteiger partial charge in [0.15, 0.2) is 24.2 Å². The molecule has 34 heavy (non-hydrogen) atoms. The second-order valence-electron chi connectivity index (χ2n) is 8.03. The number of carbonyl (C=O) groups is 2. The highest BCUT2D eigenvalue weighted by Gasteiger charge is 2.24. The lowest BCUT2D eigenvalue weighted by Crippen LogP contribution is -2.33. The molecular weight excluding hydrogens is 450 g/mol. The number of esters is 1. The van der Waals surface area contributed by atoms with Crippen molar-refractivity contribution in [1.82, 2.24) is 4.57 Å². The molecule has 1 aliphatic heterocycles. The summed E-state index contributed by atoms with van der Waals surface area (Å²) in [4.78, 5) is 26.0. The SMILES string of the molecule is CSc1ccc(C=CC(=O)OCC(=O)c2cc(C)n(CC3COc4ccccc4O3)c2C)cc1. The Labute approximate surface area is 203 Å². The number of aromatic nitrogens is 1. The van der Waals surface area contributed by atoms with E-state index in [1.54, 1.807) is 17.8 Å². The third-order valence-electron chi connectivity index (χ3n) is 5.70. The maximum Gasteiger partial charge on any atom is 0.331 e. The van der Waals surface area contributed by atoms with Gasteiger partial charge in [-0.3, -0.25) is 4.79 Å². The van der Waals surface area contributed by atoms with Gasteiger partial charge in [-0.25, -0.2) is 4.79 Å². The molecule has 6 nitrogen and oxygen atoms in total. The molecule has 2 aromatic carbocycles. The number of Topliss-reactive ketones (excluding diaryl/α,β-unsaturated/α-hetero) is 1. The average molecular weight is 478 g/mol. The molecule has 0 N–H and O–H groups in total. The Hall–Kier alpha value is -3.45. The van der Waals surface area contributed by atoms with Gasteiger partial charge < -0.3 is 18.8 Å². The van der Waals surface area contributed by atoms with Crippen LogP contribution in [0.3, 0.4) is 0 Å². The molecule has 0 aliphatic carbocycles. The van der Waals surface area contributed by atoms with E-state index < -0.39 is 5.97 Å². The van der Waals surface area contributed by atoms with Gasteiger partial charge in [-0.1, -0.05) is 24.3 Å². The van der Waals surface area contributed by atoms with Gasteiger partial charge in [-0.15, -0.1) is 11.8 Å². The van der Waals surface area contributed by atoms with Gasteiger partial charge in [0.25, 0.3) is 0 Å². The van der Waals surface area contributed by atoms with E-state index in [0.29, 0.717) is 18.7 Å². The number of carbonyl (C=O) groups excluding carboxylic acids is 2. The minimum Gasteiger partial charge on any atom is -0.486 e. The molecule has 0 bridgehead atoms. The molecule has 0 spiro atoms. The predicted molar refractivity (Wildman–Crippen MR) is 133 cm³/mol. The number of ketones is 1. The lowest BCUT2D eigenvalue weighted by Gasteiger charge is -2.27. The zero-order chi connectivity index (χ0) is 24.1. The minimum atomic E-state index is -0.553. The first-order chi connectivity index (χ1) is 16.4. The molecule has 1 unspecified atom stereocenters. The molecule has 2 heterocycles. The normalized spacial score (nSPS) is 14.9. The van der Waals surface area contributed by atoms with Crippen molar-refractivity contribution in [1.29, 1.82) is 0 Å². The fourth-order valence-electron chi connectivity index (χ4n) is 3.86. The topological polar surface area (TPSA) is 66.8 Å². The Morgan fingerprint density at radius 2 is 1.85 bits per heavy atom. The van der Waals surface area contributed by atoms with Gasteiger partial charge in [0.05, 0.1) is 6.54 Å². The van der Waals surface area contributed by atoms with E-state index in [4.69, 9.17) is 14.2 Å². The summed E-state index contributed by atoms with van der Waals surface area (Å²) >= 11 is 1.65. The fourth-order valence-corrected chi connectivity index (χ4v) is 4.27. The third kappa shape index (κ3) is 5.54. The maximum atomic E-state index is 12.8. The first-order valence-electron chi connectivity index (χ1n) is 11.0. The van der Waals surface area contributed by atoms with Crippen molar-refractivity contribution in [2.45, 2.75) is 31.4 Å². The highest BCUT2D eigenvalue weighted by Crippen LogP contribution is 2.31. The molecule has 7 heteroatoms. The summed E-state index contributed by atoms with van der Waals surface area (Å²) in [6, 6.07) is 17.2. The van der Waals surface area contributed by atoms with E-state index in [-0.39, 0.29) is 18.5 Å². The Morgan fingerprint density at radius 3 is 2.59 bits per heavy atom. The second-order valence-corrected chi connectivity index (χ2v) is 8.91. The van der Waals surface area contributed by atoms with E-state index in [9.17, 15) is 9.59 Å². The Morgan fingerprint density at radius 1 is 1.12 bits per heavy atom. The molecule has 176 valence electrons. The number of hydrogen-bond acceptors (Lipinski definition) is 6. The van der Waals surface area contributed by atoms with Crippen LogP contribution in [-0.2, 0) is 16.1 Å². The summed E-state index contributed by atoms with van der Waals surface area (Å²) in [5.74, 6) is 0.667. The van der Waals surface area contributed by atoms with Gasteiger partial charge in [0.2, 0.25) is 5.78 Å². The summed E-state index contributed by atoms with van der Waals surface area (Å²) < 4.78 is 19.1. The molecule has 0 saturated heterocycles. The molecule has 0 fully saturated rings. The lowest BCUT2D eigenvalue weighted by atomic mass is 10.1. The van der Waals surface area contributed by atoms with Crippen LogP contribution in [0.5, 0.6) is 11.5 Å². The van der Waals surface area contributed by atoms with Crippen molar-refractivity contribution in [3.8, 4) is 11.5 Å². The molecule has 4 rings (SSSR count). The summed E-state index contributed by atoms with van der Waals surface area (Å²) in [5.41, 5.74) is 3.17. The van der Waals surface area contributed by atoms with Gasteiger partial charge in [-0.05, 0) is 62.1 Å². The number of para-hydroxylation sites is 2. The van der Waals surface area contributed by atoms with Crippen molar-refractivity contribution < 1.29 is 23.8 Å². The Balaban J connectivity index is 1.34. The molecule has 3 aromatic rings. The van der Waals surface area contributed by atoms with Crippen LogP contribution < -0.4 is 9.47 Å². The second kappa shape index (κ2) is 10.7. The first-order valence-corrected chi connectivity index (χ1v) is 12.2. The van der Waals surface area contributed by atoms with Crippen molar-refractivity contribution >= 4 is 29.6 Å². The smallest absolute Gasteiger partial charge is 0.331 e. The molecular formula is C27H27NO5S. The van der Waals surface area contributed by atoms with Gasteiger partial charge >= 0.3 is 5.97 Å². The van der Waals surface area contributed by atoms with Gasteiger partial charge in [-0.2, -0.15) is 0 Å². The number of fused-ring (bicyclic) bond motifs is 1. The maximum absolute atomic E-state index is 12.8. The van der Waals surface area contributed by atoms with Gasteiger partial charge in [0, 0.05) is 27.9 Å². The number of benzene rings is 2. The highest BCUT2D eigenvalue weighted by molar-refractivity contribution is 7.98. The lowest BCUT2D eigenvalue weighted by molar-refractivity contribution is -0.136. The van der Waals surface area contributed by atoms with Crippen LogP contribution >= 0.6 is 11.8 Å². The molecule has 1 aliphatic rings. The van der Waals surface area contributed by atoms with E-state index in [0.717, 1.165) is 33.3 Å². The predicted octanol–water partition coefficient (Wildman–Crippen LogP) is 5.11.